The average Bonchev–Trinajstić information content (AvgIpc) is 2.74. The highest BCUT2D eigenvalue weighted by atomic mass is 16.5. The van der Waals surface area contributed by atoms with Crippen LogP contribution in [0.4, 0.5) is 0 Å². The fraction of sp³-hybridized carbons (Fsp3) is 0.409. The smallest absolute Gasteiger partial charge is 0.203 e. The number of hydrogen-bond donors (Lipinski definition) is 2. The second kappa shape index (κ2) is 11.0. The molecule has 29 heavy (non-hydrogen) atoms. The lowest BCUT2D eigenvalue weighted by Gasteiger charge is -2.20. The van der Waals surface area contributed by atoms with Gasteiger partial charge in [0.25, 0.3) is 0 Å². The second-order valence-electron chi connectivity index (χ2n) is 6.49. The molecule has 0 saturated heterocycles. The van der Waals surface area contributed by atoms with Gasteiger partial charge >= 0.3 is 0 Å². The number of aliphatic imine (C=N–C) groups is 1. The van der Waals surface area contributed by atoms with Gasteiger partial charge in [-0.25, -0.2) is 0 Å². The molecular formula is C22H31N3O4. The van der Waals surface area contributed by atoms with Crippen LogP contribution in [0.1, 0.15) is 18.1 Å². The Bertz CT molecular complexity index is 824. The zero-order valence-corrected chi connectivity index (χ0v) is 18.0. The van der Waals surface area contributed by atoms with Crippen molar-refractivity contribution in [2.45, 2.75) is 26.5 Å². The molecule has 0 amide bonds. The standard InChI is InChI=1S/C22H31N3O4/c1-15-9-7-8-10-18(15)29-16(2)13-24-22(23-3)25-14-17-11-12-19(26-4)21(28-6)20(17)27-5/h7-12,16H,13-14H2,1-6H3,(H2,23,24,25). The fourth-order valence-corrected chi connectivity index (χ4v) is 2.89. The van der Waals surface area contributed by atoms with Crippen molar-refractivity contribution in [2.75, 3.05) is 34.9 Å². The topological polar surface area (TPSA) is 73.3 Å². The summed E-state index contributed by atoms with van der Waals surface area (Å²) in [6, 6.07) is 11.8. The van der Waals surface area contributed by atoms with Gasteiger partial charge in [0.15, 0.2) is 17.5 Å². The lowest BCUT2D eigenvalue weighted by Crippen LogP contribution is -2.41. The molecule has 1 atom stereocenters. The van der Waals surface area contributed by atoms with Crippen molar-refractivity contribution in [3.63, 3.8) is 0 Å². The van der Waals surface area contributed by atoms with E-state index in [1.54, 1.807) is 28.4 Å². The Labute approximate surface area is 173 Å². The highest BCUT2D eigenvalue weighted by Crippen LogP contribution is 2.39. The third kappa shape index (κ3) is 5.94. The molecular weight excluding hydrogens is 370 g/mol. The summed E-state index contributed by atoms with van der Waals surface area (Å²) in [7, 11) is 6.53. The van der Waals surface area contributed by atoms with Crippen LogP contribution < -0.4 is 29.6 Å². The number of nitrogens with zero attached hydrogens (tertiary/aromatic N) is 1. The molecule has 2 aromatic rings. The van der Waals surface area contributed by atoms with Crippen LogP contribution in [-0.4, -0.2) is 47.0 Å². The van der Waals surface area contributed by atoms with Gasteiger partial charge in [-0.1, -0.05) is 18.2 Å². The SMILES string of the molecule is CN=C(NCc1ccc(OC)c(OC)c1OC)NCC(C)Oc1ccccc1C. The van der Waals surface area contributed by atoms with Crippen LogP contribution in [-0.2, 0) is 6.54 Å². The second-order valence-corrected chi connectivity index (χ2v) is 6.49. The van der Waals surface area contributed by atoms with Gasteiger partial charge < -0.3 is 29.6 Å². The molecule has 7 heteroatoms. The maximum Gasteiger partial charge on any atom is 0.203 e. The van der Waals surface area contributed by atoms with Crippen molar-refractivity contribution >= 4 is 5.96 Å². The van der Waals surface area contributed by atoms with E-state index in [0.717, 1.165) is 16.9 Å². The van der Waals surface area contributed by atoms with Crippen molar-refractivity contribution < 1.29 is 18.9 Å². The third-order valence-electron chi connectivity index (χ3n) is 4.43. The fourth-order valence-electron chi connectivity index (χ4n) is 2.89. The predicted molar refractivity (Wildman–Crippen MR) is 116 cm³/mol. The highest BCUT2D eigenvalue weighted by molar-refractivity contribution is 5.79. The Hall–Kier alpha value is -3.09. The largest absolute Gasteiger partial charge is 0.493 e. The normalized spacial score (nSPS) is 12.1. The summed E-state index contributed by atoms with van der Waals surface area (Å²) in [5, 5.41) is 6.57. The van der Waals surface area contributed by atoms with Crippen LogP contribution >= 0.6 is 0 Å². The Kier molecular flexibility index (Phi) is 8.45. The summed E-state index contributed by atoms with van der Waals surface area (Å²) in [5.74, 6) is 3.38. The van der Waals surface area contributed by atoms with Gasteiger partial charge in [-0.2, -0.15) is 0 Å². The van der Waals surface area contributed by atoms with Crippen molar-refractivity contribution in [1.29, 1.82) is 0 Å². The molecule has 2 rings (SSSR count). The van der Waals surface area contributed by atoms with Gasteiger partial charge in [-0.05, 0) is 37.6 Å². The first-order chi connectivity index (χ1) is 14.0. The molecule has 2 aromatic carbocycles. The molecule has 1 unspecified atom stereocenters. The van der Waals surface area contributed by atoms with Gasteiger partial charge in [0.2, 0.25) is 5.75 Å². The minimum atomic E-state index is -0.0229. The molecule has 2 N–H and O–H groups in total. The summed E-state index contributed by atoms with van der Waals surface area (Å²) in [5.41, 5.74) is 2.04. The number of nitrogens with one attached hydrogen (secondary N) is 2. The number of guanidine groups is 1. The summed E-state index contributed by atoms with van der Waals surface area (Å²) >= 11 is 0. The maximum absolute atomic E-state index is 6.00. The Morgan fingerprint density at radius 1 is 0.931 bits per heavy atom. The summed E-state index contributed by atoms with van der Waals surface area (Å²) < 4.78 is 22.3. The minimum Gasteiger partial charge on any atom is -0.493 e. The number of benzene rings is 2. The lowest BCUT2D eigenvalue weighted by atomic mass is 10.1. The molecule has 0 bridgehead atoms. The van der Waals surface area contributed by atoms with E-state index in [1.807, 2.05) is 50.2 Å². The predicted octanol–water partition coefficient (Wildman–Crippen LogP) is 3.15. The first-order valence-electron chi connectivity index (χ1n) is 9.48. The molecule has 0 fully saturated rings. The van der Waals surface area contributed by atoms with E-state index in [2.05, 4.69) is 15.6 Å². The van der Waals surface area contributed by atoms with Gasteiger partial charge in [0.1, 0.15) is 11.9 Å². The molecule has 0 aromatic heterocycles. The average molecular weight is 402 g/mol. The number of ether oxygens (including phenoxy) is 4. The molecule has 0 heterocycles. The first kappa shape index (κ1) is 22.2. The highest BCUT2D eigenvalue weighted by Gasteiger charge is 2.16. The zero-order chi connectivity index (χ0) is 21.2. The molecule has 0 aliphatic carbocycles. The van der Waals surface area contributed by atoms with Crippen LogP contribution in [0.25, 0.3) is 0 Å². The van der Waals surface area contributed by atoms with Gasteiger partial charge in [-0.15, -0.1) is 0 Å². The maximum atomic E-state index is 6.00. The van der Waals surface area contributed by atoms with E-state index < -0.39 is 0 Å². The van der Waals surface area contributed by atoms with Crippen molar-refractivity contribution in [3.8, 4) is 23.0 Å². The summed E-state index contributed by atoms with van der Waals surface area (Å²) in [4.78, 5) is 4.27. The van der Waals surface area contributed by atoms with E-state index in [0.29, 0.717) is 36.3 Å². The minimum absolute atomic E-state index is 0.0229. The van der Waals surface area contributed by atoms with Gasteiger partial charge in [0, 0.05) is 19.2 Å². The summed E-state index contributed by atoms with van der Waals surface area (Å²) in [6.07, 6.45) is -0.0229. The van der Waals surface area contributed by atoms with E-state index >= 15 is 0 Å². The van der Waals surface area contributed by atoms with Crippen molar-refractivity contribution in [1.82, 2.24) is 10.6 Å². The number of para-hydroxylation sites is 1. The van der Waals surface area contributed by atoms with E-state index in [4.69, 9.17) is 18.9 Å². The van der Waals surface area contributed by atoms with Crippen LogP contribution in [0.2, 0.25) is 0 Å². The molecule has 0 radical (unpaired) electrons. The molecule has 0 saturated carbocycles. The zero-order valence-electron chi connectivity index (χ0n) is 18.0. The molecule has 0 aliphatic heterocycles. The van der Waals surface area contributed by atoms with Crippen LogP contribution in [0.3, 0.4) is 0 Å². The first-order valence-corrected chi connectivity index (χ1v) is 9.48. The molecule has 0 spiro atoms. The van der Waals surface area contributed by atoms with Crippen molar-refractivity contribution in [3.05, 3.63) is 47.5 Å². The Morgan fingerprint density at radius 3 is 2.28 bits per heavy atom. The number of hydrogen-bond acceptors (Lipinski definition) is 5. The summed E-state index contributed by atoms with van der Waals surface area (Å²) in [6.45, 7) is 5.17. The van der Waals surface area contributed by atoms with E-state index in [9.17, 15) is 0 Å². The Morgan fingerprint density at radius 2 is 1.66 bits per heavy atom. The van der Waals surface area contributed by atoms with Gasteiger partial charge in [0.05, 0.1) is 27.9 Å². The monoisotopic (exact) mass is 401 g/mol. The quantitative estimate of drug-likeness (QED) is 0.497. The number of methoxy groups -OCH3 is 3. The molecule has 7 nitrogen and oxygen atoms in total. The number of rotatable bonds is 9. The van der Waals surface area contributed by atoms with Crippen LogP contribution in [0.15, 0.2) is 41.4 Å². The Balaban J connectivity index is 1.95. The van der Waals surface area contributed by atoms with E-state index in [-0.39, 0.29) is 6.10 Å². The van der Waals surface area contributed by atoms with Crippen molar-refractivity contribution in [2.24, 2.45) is 4.99 Å². The number of aryl methyl sites for hydroxylation is 1. The third-order valence-corrected chi connectivity index (χ3v) is 4.43. The van der Waals surface area contributed by atoms with Crippen LogP contribution in [0.5, 0.6) is 23.0 Å². The molecule has 0 aliphatic rings. The molecule has 158 valence electrons. The van der Waals surface area contributed by atoms with Crippen LogP contribution in [0, 0.1) is 6.92 Å². The van der Waals surface area contributed by atoms with Gasteiger partial charge in [-0.3, -0.25) is 4.99 Å². The van der Waals surface area contributed by atoms with E-state index in [1.165, 1.54) is 0 Å². The lowest BCUT2D eigenvalue weighted by molar-refractivity contribution is 0.222.